The molecule has 1 aliphatic rings. The first-order chi connectivity index (χ1) is 9.34. The molecule has 0 aromatic heterocycles. The van der Waals surface area contributed by atoms with Crippen molar-refractivity contribution in [1.82, 2.24) is 10.2 Å². The molecule has 0 atom stereocenters. The van der Waals surface area contributed by atoms with Crippen LogP contribution in [0.3, 0.4) is 0 Å². The number of hydrogen-bond acceptors (Lipinski definition) is 3. The second kappa shape index (κ2) is 4.96. The van der Waals surface area contributed by atoms with Gasteiger partial charge in [-0.1, -0.05) is 0 Å². The van der Waals surface area contributed by atoms with Crippen molar-refractivity contribution in [3.05, 3.63) is 35.4 Å². The number of aromatic carboxylic acids is 1. The Labute approximate surface area is 116 Å². The molecule has 1 saturated heterocycles. The van der Waals surface area contributed by atoms with Gasteiger partial charge in [-0.25, -0.2) is 4.79 Å². The van der Waals surface area contributed by atoms with Crippen LogP contribution < -0.4 is 5.32 Å². The molecule has 0 spiro atoms. The van der Waals surface area contributed by atoms with Gasteiger partial charge in [0, 0.05) is 18.7 Å². The summed E-state index contributed by atoms with van der Waals surface area (Å²) in [5.41, 5.74) is -0.421. The van der Waals surface area contributed by atoms with Crippen molar-refractivity contribution >= 4 is 17.8 Å². The Morgan fingerprint density at radius 1 is 1.20 bits per heavy atom. The number of piperazine rings is 1. The Kier molecular flexibility index (Phi) is 3.48. The van der Waals surface area contributed by atoms with Crippen LogP contribution in [0.2, 0.25) is 0 Å². The SMILES string of the molecule is CC1(C)C(=O)NCCN1C(=O)c1ccc(C(=O)O)cc1. The lowest BCUT2D eigenvalue weighted by atomic mass is 9.97. The molecule has 1 heterocycles. The summed E-state index contributed by atoms with van der Waals surface area (Å²) in [6.07, 6.45) is 0. The standard InChI is InChI=1S/C14H16N2O4/c1-14(2)13(20)15-7-8-16(14)11(17)9-3-5-10(6-4-9)12(18)19/h3-6H,7-8H2,1-2H3,(H,15,20)(H,18,19). The lowest BCUT2D eigenvalue weighted by Gasteiger charge is -2.41. The molecule has 20 heavy (non-hydrogen) atoms. The second-order valence-electron chi connectivity index (χ2n) is 5.15. The zero-order chi connectivity index (χ0) is 14.9. The number of nitrogens with zero attached hydrogens (tertiary/aromatic N) is 1. The van der Waals surface area contributed by atoms with Crippen molar-refractivity contribution in [2.75, 3.05) is 13.1 Å². The van der Waals surface area contributed by atoms with Gasteiger partial charge in [0.1, 0.15) is 5.54 Å². The second-order valence-corrected chi connectivity index (χ2v) is 5.15. The van der Waals surface area contributed by atoms with Crippen LogP contribution in [0.5, 0.6) is 0 Å². The topological polar surface area (TPSA) is 86.7 Å². The maximum Gasteiger partial charge on any atom is 0.335 e. The minimum Gasteiger partial charge on any atom is -0.478 e. The molecule has 2 amide bonds. The quantitative estimate of drug-likeness (QED) is 0.834. The molecule has 0 radical (unpaired) electrons. The maximum atomic E-state index is 12.4. The van der Waals surface area contributed by atoms with Crippen LogP contribution in [0.4, 0.5) is 0 Å². The minimum atomic E-state index is -1.04. The smallest absolute Gasteiger partial charge is 0.335 e. The Hall–Kier alpha value is -2.37. The molecule has 1 fully saturated rings. The van der Waals surface area contributed by atoms with Crippen molar-refractivity contribution in [1.29, 1.82) is 0 Å². The summed E-state index contributed by atoms with van der Waals surface area (Å²) in [5, 5.41) is 11.6. The van der Waals surface area contributed by atoms with E-state index in [0.717, 1.165) is 0 Å². The van der Waals surface area contributed by atoms with E-state index in [1.54, 1.807) is 13.8 Å². The van der Waals surface area contributed by atoms with Crippen molar-refractivity contribution < 1.29 is 19.5 Å². The van der Waals surface area contributed by atoms with Crippen LogP contribution in [0.15, 0.2) is 24.3 Å². The molecule has 1 aliphatic heterocycles. The number of carboxylic acid groups (broad SMARTS) is 1. The van der Waals surface area contributed by atoms with Gasteiger partial charge < -0.3 is 15.3 Å². The lowest BCUT2D eigenvalue weighted by molar-refractivity contribution is -0.133. The molecular weight excluding hydrogens is 260 g/mol. The fourth-order valence-electron chi connectivity index (χ4n) is 2.17. The predicted molar refractivity (Wildman–Crippen MR) is 71.5 cm³/mol. The summed E-state index contributed by atoms with van der Waals surface area (Å²) >= 11 is 0. The Morgan fingerprint density at radius 2 is 1.75 bits per heavy atom. The van der Waals surface area contributed by atoms with Gasteiger partial charge in [-0.3, -0.25) is 9.59 Å². The molecule has 6 nitrogen and oxygen atoms in total. The van der Waals surface area contributed by atoms with Crippen LogP contribution in [0.25, 0.3) is 0 Å². The highest BCUT2D eigenvalue weighted by molar-refractivity contribution is 6.00. The predicted octanol–water partition coefficient (Wildman–Crippen LogP) is 0.735. The summed E-state index contributed by atoms with van der Waals surface area (Å²) in [5.74, 6) is -1.51. The highest BCUT2D eigenvalue weighted by Gasteiger charge is 2.40. The molecule has 2 N–H and O–H groups in total. The number of rotatable bonds is 2. The first-order valence-corrected chi connectivity index (χ1v) is 6.27. The number of hydrogen-bond donors (Lipinski definition) is 2. The van der Waals surface area contributed by atoms with Gasteiger partial charge in [0.2, 0.25) is 5.91 Å². The lowest BCUT2D eigenvalue weighted by Crippen LogP contribution is -2.63. The van der Waals surface area contributed by atoms with E-state index in [1.165, 1.54) is 29.2 Å². The van der Waals surface area contributed by atoms with E-state index in [1.807, 2.05) is 0 Å². The van der Waals surface area contributed by atoms with Crippen LogP contribution in [-0.4, -0.2) is 46.4 Å². The van der Waals surface area contributed by atoms with Crippen LogP contribution in [-0.2, 0) is 4.79 Å². The summed E-state index contributed by atoms with van der Waals surface area (Å²) < 4.78 is 0. The van der Waals surface area contributed by atoms with E-state index in [2.05, 4.69) is 5.32 Å². The average molecular weight is 276 g/mol. The highest BCUT2D eigenvalue weighted by Crippen LogP contribution is 2.20. The summed E-state index contributed by atoms with van der Waals surface area (Å²) in [7, 11) is 0. The third kappa shape index (κ3) is 2.36. The van der Waals surface area contributed by atoms with Crippen LogP contribution >= 0.6 is 0 Å². The molecule has 2 rings (SSSR count). The van der Waals surface area contributed by atoms with Gasteiger partial charge >= 0.3 is 5.97 Å². The minimum absolute atomic E-state index is 0.122. The largest absolute Gasteiger partial charge is 0.478 e. The Morgan fingerprint density at radius 3 is 2.30 bits per heavy atom. The summed E-state index contributed by atoms with van der Waals surface area (Å²) in [6.45, 7) is 4.22. The van der Waals surface area contributed by atoms with E-state index in [-0.39, 0.29) is 17.4 Å². The monoisotopic (exact) mass is 276 g/mol. The molecule has 106 valence electrons. The van der Waals surface area contributed by atoms with Crippen molar-refractivity contribution in [2.24, 2.45) is 0 Å². The number of carbonyl (C=O) groups is 3. The first-order valence-electron chi connectivity index (χ1n) is 6.27. The molecule has 0 bridgehead atoms. The van der Waals surface area contributed by atoms with Crippen molar-refractivity contribution in [2.45, 2.75) is 19.4 Å². The fraction of sp³-hybridized carbons (Fsp3) is 0.357. The molecule has 0 saturated carbocycles. The molecule has 0 aliphatic carbocycles. The molecule has 1 aromatic rings. The molecule has 1 aromatic carbocycles. The maximum absolute atomic E-state index is 12.4. The van der Waals surface area contributed by atoms with Gasteiger partial charge in [0.05, 0.1) is 5.56 Å². The van der Waals surface area contributed by atoms with Gasteiger partial charge in [0.15, 0.2) is 0 Å². The van der Waals surface area contributed by atoms with Gasteiger partial charge in [-0.2, -0.15) is 0 Å². The summed E-state index contributed by atoms with van der Waals surface area (Å²) in [6, 6.07) is 5.70. The molecular formula is C14H16N2O4. The van der Waals surface area contributed by atoms with E-state index < -0.39 is 11.5 Å². The first kappa shape index (κ1) is 14.0. The van der Waals surface area contributed by atoms with Gasteiger partial charge in [-0.05, 0) is 38.1 Å². The van der Waals surface area contributed by atoms with E-state index >= 15 is 0 Å². The average Bonchev–Trinajstić information content (AvgIpc) is 2.41. The van der Waals surface area contributed by atoms with Gasteiger partial charge in [0.25, 0.3) is 5.91 Å². The van der Waals surface area contributed by atoms with Gasteiger partial charge in [-0.15, -0.1) is 0 Å². The molecule has 6 heteroatoms. The fourth-order valence-corrected chi connectivity index (χ4v) is 2.17. The molecule has 0 unspecified atom stereocenters. The number of amides is 2. The van der Waals surface area contributed by atoms with Crippen molar-refractivity contribution in [3.8, 4) is 0 Å². The third-order valence-electron chi connectivity index (χ3n) is 3.48. The normalized spacial score (nSPS) is 17.5. The van der Waals surface area contributed by atoms with Crippen LogP contribution in [0, 0.1) is 0 Å². The van der Waals surface area contributed by atoms with E-state index in [9.17, 15) is 14.4 Å². The third-order valence-corrected chi connectivity index (χ3v) is 3.48. The number of benzene rings is 1. The number of nitrogens with one attached hydrogen (secondary N) is 1. The Bertz CT molecular complexity index is 563. The van der Waals surface area contributed by atoms with Crippen LogP contribution in [0.1, 0.15) is 34.6 Å². The highest BCUT2D eigenvalue weighted by atomic mass is 16.4. The summed E-state index contributed by atoms with van der Waals surface area (Å²) in [4.78, 5) is 36.5. The van der Waals surface area contributed by atoms with E-state index in [0.29, 0.717) is 18.7 Å². The number of carboxylic acids is 1. The zero-order valence-corrected chi connectivity index (χ0v) is 11.3. The zero-order valence-electron chi connectivity index (χ0n) is 11.3. The van der Waals surface area contributed by atoms with E-state index in [4.69, 9.17) is 5.11 Å². The number of carbonyl (C=O) groups excluding carboxylic acids is 2. The van der Waals surface area contributed by atoms with Crippen molar-refractivity contribution in [3.63, 3.8) is 0 Å². The Balaban J connectivity index is 2.26.